The van der Waals surface area contributed by atoms with Crippen LogP contribution in [0, 0.1) is 6.92 Å². The van der Waals surface area contributed by atoms with E-state index in [2.05, 4.69) is 12.6 Å². The maximum absolute atomic E-state index is 10.6. The number of rotatable bonds is 3. The summed E-state index contributed by atoms with van der Waals surface area (Å²) >= 11 is 4.10. The second-order valence-electron chi connectivity index (χ2n) is 3.04. The van der Waals surface area contributed by atoms with Crippen molar-refractivity contribution in [2.45, 2.75) is 12.7 Å². The van der Waals surface area contributed by atoms with Crippen LogP contribution in [0.15, 0.2) is 12.1 Å². The Morgan fingerprint density at radius 3 is 2.57 bits per heavy atom. The van der Waals surface area contributed by atoms with Gasteiger partial charge in [-0.3, -0.25) is 4.79 Å². The molecular weight excluding hydrogens is 199 g/mol. The number of hydrogen-bond donors (Lipinski definition) is 3. The highest BCUT2D eigenvalue weighted by Gasteiger charge is 2.16. The van der Waals surface area contributed by atoms with Gasteiger partial charge in [-0.2, -0.15) is 12.6 Å². The van der Waals surface area contributed by atoms with Crippen LogP contribution in [0.1, 0.15) is 21.5 Å². The van der Waals surface area contributed by atoms with Crippen molar-refractivity contribution < 1.29 is 14.8 Å². The lowest BCUT2D eigenvalue weighted by atomic mass is 9.75. The first-order valence-corrected chi connectivity index (χ1v) is 4.79. The number of carbonyl (C=O) groups is 1. The van der Waals surface area contributed by atoms with E-state index in [1.807, 2.05) is 0 Å². The van der Waals surface area contributed by atoms with Crippen molar-refractivity contribution in [3.8, 4) is 0 Å². The van der Waals surface area contributed by atoms with Crippen LogP contribution >= 0.6 is 12.6 Å². The van der Waals surface area contributed by atoms with E-state index in [0.29, 0.717) is 23.1 Å². The zero-order valence-electron chi connectivity index (χ0n) is 7.77. The van der Waals surface area contributed by atoms with E-state index in [4.69, 9.17) is 10.0 Å². The molecule has 0 heterocycles. The fraction of sp³-hybridized carbons (Fsp3) is 0.222. The molecule has 3 nitrogen and oxygen atoms in total. The van der Waals surface area contributed by atoms with Crippen molar-refractivity contribution in [1.29, 1.82) is 0 Å². The Bertz CT molecular complexity index is 352. The summed E-state index contributed by atoms with van der Waals surface area (Å²) in [5.74, 6) is 0.466. The Morgan fingerprint density at radius 2 is 2.14 bits per heavy atom. The Labute approximate surface area is 88.3 Å². The van der Waals surface area contributed by atoms with Crippen molar-refractivity contribution in [2.75, 3.05) is 0 Å². The summed E-state index contributed by atoms with van der Waals surface area (Å²) in [6.07, 6.45) is 0.679. The highest BCUT2D eigenvalue weighted by Crippen LogP contribution is 2.11. The van der Waals surface area contributed by atoms with Crippen molar-refractivity contribution in [3.05, 3.63) is 28.8 Å². The molecule has 1 aromatic carbocycles. The molecule has 0 radical (unpaired) electrons. The quantitative estimate of drug-likeness (QED) is 0.371. The standard InChI is InChI=1S/C9H11BO3S/c1-6-8(5-14)2-7(4-11)3-9(6)10(12)13/h2-4,12-14H,5H2,1H3. The lowest BCUT2D eigenvalue weighted by Crippen LogP contribution is -2.33. The molecular formula is C9H11BO3S. The average molecular weight is 210 g/mol. The molecule has 0 atom stereocenters. The van der Waals surface area contributed by atoms with Gasteiger partial charge in [-0.05, 0) is 29.6 Å². The highest BCUT2D eigenvalue weighted by atomic mass is 32.1. The van der Waals surface area contributed by atoms with E-state index >= 15 is 0 Å². The van der Waals surface area contributed by atoms with Gasteiger partial charge in [0, 0.05) is 11.3 Å². The first-order valence-electron chi connectivity index (χ1n) is 4.15. The predicted octanol–water partition coefficient (Wildman–Crippen LogP) is -0.0829. The molecule has 0 fully saturated rings. The van der Waals surface area contributed by atoms with E-state index in [-0.39, 0.29) is 0 Å². The molecule has 1 aromatic rings. The maximum Gasteiger partial charge on any atom is 0.488 e. The fourth-order valence-electron chi connectivity index (χ4n) is 1.32. The van der Waals surface area contributed by atoms with Crippen LogP contribution in [-0.4, -0.2) is 23.5 Å². The van der Waals surface area contributed by atoms with Gasteiger partial charge in [-0.15, -0.1) is 0 Å². The number of carbonyl (C=O) groups excluding carboxylic acids is 1. The summed E-state index contributed by atoms with van der Waals surface area (Å²) in [7, 11) is -1.55. The van der Waals surface area contributed by atoms with E-state index in [1.54, 1.807) is 13.0 Å². The number of aldehydes is 1. The largest absolute Gasteiger partial charge is 0.488 e. The lowest BCUT2D eigenvalue weighted by molar-refractivity contribution is 0.112. The molecule has 74 valence electrons. The van der Waals surface area contributed by atoms with Crippen molar-refractivity contribution in [1.82, 2.24) is 0 Å². The van der Waals surface area contributed by atoms with Gasteiger partial charge in [0.15, 0.2) is 0 Å². The van der Waals surface area contributed by atoms with Crippen LogP contribution in [-0.2, 0) is 5.75 Å². The third-order valence-electron chi connectivity index (χ3n) is 2.16. The molecule has 0 saturated carbocycles. The van der Waals surface area contributed by atoms with Gasteiger partial charge in [0.2, 0.25) is 0 Å². The lowest BCUT2D eigenvalue weighted by Gasteiger charge is -2.10. The van der Waals surface area contributed by atoms with Gasteiger partial charge in [-0.25, -0.2) is 0 Å². The Morgan fingerprint density at radius 1 is 1.50 bits per heavy atom. The smallest absolute Gasteiger partial charge is 0.423 e. The molecule has 14 heavy (non-hydrogen) atoms. The van der Waals surface area contributed by atoms with Crippen molar-refractivity contribution >= 4 is 31.5 Å². The molecule has 1 rings (SSSR count). The van der Waals surface area contributed by atoms with Gasteiger partial charge in [0.05, 0.1) is 0 Å². The Hall–Kier alpha value is -0.775. The molecule has 2 N–H and O–H groups in total. The van der Waals surface area contributed by atoms with Gasteiger partial charge in [-0.1, -0.05) is 6.07 Å². The SMILES string of the molecule is Cc1c(CS)cc(C=O)cc1B(O)O. The number of hydrogen-bond acceptors (Lipinski definition) is 4. The average Bonchev–Trinajstić information content (AvgIpc) is 2.17. The second-order valence-corrected chi connectivity index (χ2v) is 3.36. The molecule has 0 aliphatic rings. The molecule has 0 saturated heterocycles. The third-order valence-corrected chi connectivity index (χ3v) is 2.50. The Balaban J connectivity index is 3.34. The molecule has 0 spiro atoms. The second kappa shape index (κ2) is 4.64. The number of thiol groups is 1. The highest BCUT2D eigenvalue weighted by molar-refractivity contribution is 7.79. The molecule has 0 bridgehead atoms. The van der Waals surface area contributed by atoms with Crippen LogP contribution in [0.3, 0.4) is 0 Å². The zero-order chi connectivity index (χ0) is 10.7. The molecule has 0 unspecified atom stereocenters. The van der Waals surface area contributed by atoms with Crippen molar-refractivity contribution in [2.24, 2.45) is 0 Å². The summed E-state index contributed by atoms with van der Waals surface area (Å²) in [6, 6.07) is 3.17. The summed E-state index contributed by atoms with van der Waals surface area (Å²) in [5.41, 5.74) is 2.39. The van der Waals surface area contributed by atoms with E-state index < -0.39 is 7.12 Å². The monoisotopic (exact) mass is 210 g/mol. The normalized spacial score (nSPS) is 10.0. The summed E-state index contributed by atoms with van der Waals surface area (Å²) < 4.78 is 0. The summed E-state index contributed by atoms with van der Waals surface area (Å²) in [4.78, 5) is 10.6. The minimum absolute atomic E-state index is 0.360. The van der Waals surface area contributed by atoms with Crippen LogP contribution < -0.4 is 5.46 Å². The van der Waals surface area contributed by atoms with Crippen molar-refractivity contribution in [3.63, 3.8) is 0 Å². The molecule has 5 heteroatoms. The van der Waals surface area contributed by atoms with E-state index in [9.17, 15) is 4.79 Å². The molecule has 0 aliphatic carbocycles. The summed E-state index contributed by atoms with van der Waals surface area (Å²) in [5, 5.41) is 18.1. The fourth-order valence-corrected chi connectivity index (χ4v) is 1.65. The van der Waals surface area contributed by atoms with Gasteiger partial charge < -0.3 is 10.0 Å². The minimum Gasteiger partial charge on any atom is -0.423 e. The van der Waals surface area contributed by atoms with Crippen LogP contribution in [0.4, 0.5) is 0 Å². The molecule has 0 amide bonds. The van der Waals surface area contributed by atoms with Crippen LogP contribution in [0.2, 0.25) is 0 Å². The first-order chi connectivity index (χ1) is 6.60. The predicted molar refractivity (Wildman–Crippen MR) is 59.1 cm³/mol. The van der Waals surface area contributed by atoms with Gasteiger partial charge in [0.25, 0.3) is 0 Å². The third kappa shape index (κ3) is 2.18. The Kier molecular flexibility index (Phi) is 3.74. The summed E-state index contributed by atoms with van der Waals surface area (Å²) in [6.45, 7) is 1.77. The van der Waals surface area contributed by atoms with E-state index in [0.717, 1.165) is 11.1 Å². The minimum atomic E-state index is -1.55. The van der Waals surface area contributed by atoms with Gasteiger partial charge in [0.1, 0.15) is 6.29 Å². The maximum atomic E-state index is 10.6. The molecule has 0 aliphatic heterocycles. The van der Waals surface area contributed by atoms with Gasteiger partial charge >= 0.3 is 7.12 Å². The van der Waals surface area contributed by atoms with Crippen LogP contribution in [0.5, 0.6) is 0 Å². The topological polar surface area (TPSA) is 57.5 Å². The zero-order valence-corrected chi connectivity index (χ0v) is 8.66. The van der Waals surface area contributed by atoms with Crippen LogP contribution in [0.25, 0.3) is 0 Å². The molecule has 0 aromatic heterocycles. The van der Waals surface area contributed by atoms with E-state index in [1.165, 1.54) is 6.07 Å². The number of benzene rings is 1. The first kappa shape index (κ1) is 11.3.